The maximum absolute atomic E-state index is 12.8. The highest BCUT2D eigenvalue weighted by atomic mass is 32.2. The van der Waals surface area contributed by atoms with Crippen LogP contribution >= 0.6 is 11.8 Å². The molecule has 134 valence electrons. The fourth-order valence-corrected chi connectivity index (χ4v) is 2.95. The minimum absolute atomic E-state index is 0.163. The number of carbonyl (C=O) groups is 1. The Balaban J connectivity index is 1.93. The number of alkyl halides is 3. The van der Waals surface area contributed by atoms with Gasteiger partial charge in [0.05, 0.1) is 24.5 Å². The second-order valence-corrected chi connectivity index (χ2v) is 6.43. The molecule has 0 heterocycles. The van der Waals surface area contributed by atoms with Crippen molar-refractivity contribution in [2.24, 2.45) is 0 Å². The molecular weight excluding hydrogens is 351 g/mol. The molecule has 0 bridgehead atoms. The number of carbonyl (C=O) groups excluding carboxylic acids is 1. The van der Waals surface area contributed by atoms with Crippen LogP contribution < -0.4 is 10.1 Å². The van der Waals surface area contributed by atoms with Crippen molar-refractivity contribution in [1.29, 1.82) is 0 Å². The number of hydrogen-bond acceptors (Lipinski definition) is 3. The van der Waals surface area contributed by atoms with Gasteiger partial charge in [-0.15, -0.1) is 11.8 Å². The van der Waals surface area contributed by atoms with Crippen molar-refractivity contribution >= 4 is 17.7 Å². The number of thioether (sulfide) groups is 1. The first-order chi connectivity index (χ1) is 11.8. The van der Waals surface area contributed by atoms with E-state index in [1.165, 1.54) is 17.8 Å². The highest BCUT2D eigenvalue weighted by Crippen LogP contribution is 2.30. The monoisotopic (exact) mass is 369 g/mol. The van der Waals surface area contributed by atoms with Gasteiger partial charge < -0.3 is 10.1 Å². The zero-order valence-corrected chi connectivity index (χ0v) is 14.6. The van der Waals surface area contributed by atoms with Crippen molar-refractivity contribution in [2.75, 3.05) is 12.9 Å². The Morgan fingerprint density at radius 1 is 1.20 bits per heavy atom. The Kier molecular flexibility index (Phi) is 6.36. The van der Waals surface area contributed by atoms with Gasteiger partial charge >= 0.3 is 6.18 Å². The van der Waals surface area contributed by atoms with E-state index in [0.29, 0.717) is 11.3 Å². The number of methoxy groups -OCH3 is 1. The van der Waals surface area contributed by atoms with Gasteiger partial charge in [0.1, 0.15) is 5.75 Å². The summed E-state index contributed by atoms with van der Waals surface area (Å²) in [6, 6.07) is 11.8. The highest BCUT2D eigenvalue weighted by Gasteiger charge is 2.30. The fourth-order valence-electron chi connectivity index (χ4n) is 2.19. The summed E-state index contributed by atoms with van der Waals surface area (Å²) in [7, 11) is 1.56. The first kappa shape index (κ1) is 19.2. The smallest absolute Gasteiger partial charge is 0.416 e. The third-order valence-corrected chi connectivity index (χ3v) is 4.50. The molecule has 1 amide bonds. The maximum Gasteiger partial charge on any atom is 0.416 e. The molecule has 3 nitrogen and oxygen atoms in total. The normalized spacial score (nSPS) is 12.5. The molecule has 0 spiro atoms. The van der Waals surface area contributed by atoms with Crippen molar-refractivity contribution in [2.45, 2.75) is 24.0 Å². The van der Waals surface area contributed by atoms with Crippen molar-refractivity contribution in [1.82, 2.24) is 5.32 Å². The van der Waals surface area contributed by atoms with Crippen LogP contribution in [0.5, 0.6) is 5.75 Å². The molecule has 0 radical (unpaired) electrons. The maximum atomic E-state index is 12.8. The largest absolute Gasteiger partial charge is 0.497 e. The Morgan fingerprint density at radius 2 is 1.92 bits per heavy atom. The second kappa shape index (κ2) is 8.29. The minimum atomic E-state index is -4.40. The van der Waals surface area contributed by atoms with Gasteiger partial charge in [-0.3, -0.25) is 4.79 Å². The van der Waals surface area contributed by atoms with Crippen LogP contribution in [0.25, 0.3) is 0 Å². The number of amides is 1. The summed E-state index contributed by atoms with van der Waals surface area (Å²) < 4.78 is 43.4. The van der Waals surface area contributed by atoms with Crippen LogP contribution in [-0.2, 0) is 11.0 Å². The van der Waals surface area contributed by atoms with Gasteiger partial charge in [-0.25, -0.2) is 0 Å². The van der Waals surface area contributed by atoms with Gasteiger partial charge in [-0.2, -0.15) is 13.2 Å². The van der Waals surface area contributed by atoms with Crippen molar-refractivity contribution in [3.63, 3.8) is 0 Å². The summed E-state index contributed by atoms with van der Waals surface area (Å²) in [6.45, 7) is 1.66. The first-order valence-corrected chi connectivity index (χ1v) is 8.51. The molecule has 0 saturated heterocycles. The summed E-state index contributed by atoms with van der Waals surface area (Å²) in [5, 5.41) is 2.72. The highest BCUT2D eigenvalue weighted by molar-refractivity contribution is 8.00. The van der Waals surface area contributed by atoms with E-state index in [-0.39, 0.29) is 11.7 Å². The number of hydrogen-bond donors (Lipinski definition) is 1. The van der Waals surface area contributed by atoms with Crippen molar-refractivity contribution in [3.05, 3.63) is 59.7 Å². The molecule has 0 aliphatic rings. The molecular formula is C18H18F3NO2S. The summed E-state index contributed by atoms with van der Waals surface area (Å²) in [6.07, 6.45) is -4.40. The lowest BCUT2D eigenvalue weighted by molar-refractivity contribution is -0.137. The third kappa shape index (κ3) is 5.70. The minimum Gasteiger partial charge on any atom is -0.497 e. The predicted molar refractivity (Wildman–Crippen MR) is 91.7 cm³/mol. The van der Waals surface area contributed by atoms with E-state index in [1.807, 2.05) is 18.2 Å². The quantitative estimate of drug-likeness (QED) is 0.751. The second-order valence-electron chi connectivity index (χ2n) is 5.38. The summed E-state index contributed by atoms with van der Waals surface area (Å²) in [4.78, 5) is 12.9. The van der Waals surface area contributed by atoms with Gasteiger partial charge in [-0.05, 0) is 42.8 Å². The van der Waals surface area contributed by atoms with Crippen molar-refractivity contribution in [3.8, 4) is 5.75 Å². The van der Waals surface area contributed by atoms with E-state index in [2.05, 4.69) is 5.32 Å². The molecule has 25 heavy (non-hydrogen) atoms. The van der Waals surface area contributed by atoms with Gasteiger partial charge in [0.15, 0.2) is 0 Å². The van der Waals surface area contributed by atoms with Crippen LogP contribution in [0.2, 0.25) is 0 Å². The molecule has 0 aliphatic carbocycles. The summed E-state index contributed by atoms with van der Waals surface area (Å²) in [5.41, 5.74) is -0.314. The lowest BCUT2D eigenvalue weighted by atomic mass is 10.0. The number of nitrogens with one attached hydrogen (secondary N) is 1. The molecule has 1 unspecified atom stereocenters. The van der Waals surface area contributed by atoms with Crippen LogP contribution in [0.1, 0.15) is 24.1 Å². The number of halogens is 3. The number of rotatable bonds is 6. The molecule has 2 rings (SSSR count). The molecule has 0 fully saturated rings. The van der Waals surface area contributed by atoms with E-state index < -0.39 is 17.8 Å². The molecule has 0 aromatic heterocycles. The molecule has 7 heteroatoms. The van der Waals surface area contributed by atoms with Gasteiger partial charge in [0, 0.05) is 4.90 Å². The Morgan fingerprint density at radius 3 is 2.60 bits per heavy atom. The standard InChI is InChI=1S/C18H18F3NO2S/c1-12(13-5-3-6-14(9-13)18(19,20)21)22-17(23)11-25-16-8-4-7-15(10-16)24-2/h3-10,12H,11H2,1-2H3,(H,22,23). The molecule has 0 saturated carbocycles. The topological polar surface area (TPSA) is 38.3 Å². The average molecular weight is 369 g/mol. The molecule has 2 aromatic rings. The Labute approximate surface area is 148 Å². The van der Waals surface area contributed by atoms with Gasteiger partial charge in [0.2, 0.25) is 5.91 Å². The first-order valence-electron chi connectivity index (χ1n) is 7.53. The van der Waals surface area contributed by atoms with E-state index in [4.69, 9.17) is 4.74 Å². The van der Waals surface area contributed by atoms with Crippen LogP contribution in [0, 0.1) is 0 Å². The lowest BCUT2D eigenvalue weighted by Crippen LogP contribution is -2.28. The SMILES string of the molecule is COc1cccc(SCC(=O)NC(C)c2cccc(C(F)(F)F)c2)c1. The van der Waals surface area contributed by atoms with Crippen molar-refractivity contribution < 1.29 is 22.7 Å². The fraction of sp³-hybridized carbons (Fsp3) is 0.278. The van der Waals surface area contributed by atoms with E-state index in [1.54, 1.807) is 26.2 Å². The molecule has 2 aromatic carbocycles. The summed E-state index contributed by atoms with van der Waals surface area (Å²) >= 11 is 1.33. The van der Waals surface area contributed by atoms with E-state index in [9.17, 15) is 18.0 Å². The zero-order valence-electron chi connectivity index (χ0n) is 13.8. The molecule has 1 N–H and O–H groups in total. The molecule has 0 aliphatic heterocycles. The Bertz CT molecular complexity index is 734. The lowest BCUT2D eigenvalue weighted by Gasteiger charge is -2.16. The predicted octanol–water partition coefficient (Wildman–Crippen LogP) is 4.68. The van der Waals surface area contributed by atoms with Gasteiger partial charge in [0.25, 0.3) is 0 Å². The van der Waals surface area contributed by atoms with Crippen LogP contribution in [0.15, 0.2) is 53.4 Å². The average Bonchev–Trinajstić information content (AvgIpc) is 2.59. The number of benzene rings is 2. The van der Waals surface area contributed by atoms with Crippen LogP contribution in [-0.4, -0.2) is 18.8 Å². The summed E-state index contributed by atoms with van der Waals surface area (Å²) in [5.74, 6) is 0.608. The van der Waals surface area contributed by atoms with E-state index >= 15 is 0 Å². The number of ether oxygens (including phenoxy) is 1. The Hall–Kier alpha value is -2.15. The van der Waals surface area contributed by atoms with Crippen LogP contribution in [0.4, 0.5) is 13.2 Å². The zero-order chi connectivity index (χ0) is 18.4. The van der Waals surface area contributed by atoms with Crippen LogP contribution in [0.3, 0.4) is 0 Å². The molecule has 1 atom stereocenters. The van der Waals surface area contributed by atoms with E-state index in [0.717, 1.165) is 17.0 Å². The van der Waals surface area contributed by atoms with Gasteiger partial charge in [-0.1, -0.05) is 18.2 Å². The third-order valence-electron chi connectivity index (χ3n) is 3.50.